The highest BCUT2D eigenvalue weighted by Gasteiger charge is 2.42. The quantitative estimate of drug-likeness (QED) is 0.364. The minimum absolute atomic E-state index is 0.0808. The lowest BCUT2D eigenvalue weighted by Gasteiger charge is -2.35. The molecule has 0 unspecified atom stereocenters. The molecule has 2 heterocycles. The number of hydrogen-bond acceptors (Lipinski definition) is 5. The number of nitrogens with two attached hydrogens (primary N) is 1. The Balaban J connectivity index is 1.42. The van der Waals surface area contributed by atoms with E-state index in [4.69, 9.17) is 28.5 Å². The lowest BCUT2D eigenvalue weighted by Crippen LogP contribution is -2.45. The van der Waals surface area contributed by atoms with Gasteiger partial charge in [-0.3, -0.25) is 4.79 Å². The highest BCUT2D eigenvalue weighted by molar-refractivity contribution is 6.30. The van der Waals surface area contributed by atoms with Crippen molar-refractivity contribution in [3.63, 3.8) is 0 Å². The summed E-state index contributed by atoms with van der Waals surface area (Å²) in [5, 5.41) is 0.610. The van der Waals surface area contributed by atoms with Crippen molar-refractivity contribution in [1.82, 2.24) is 14.7 Å². The van der Waals surface area contributed by atoms with E-state index in [1.807, 2.05) is 35.2 Å². The van der Waals surface area contributed by atoms with Crippen LogP contribution in [0.3, 0.4) is 0 Å². The molecule has 2 aromatic rings. The molecule has 2 atom stereocenters. The predicted molar refractivity (Wildman–Crippen MR) is 158 cm³/mol. The second-order valence-corrected chi connectivity index (χ2v) is 10.7. The second-order valence-electron chi connectivity index (χ2n) is 10.3. The number of allylic oxidation sites excluding steroid dienone is 4. The number of carbonyl (C=O) groups excluding carboxylic acids is 2. The van der Waals surface area contributed by atoms with Crippen molar-refractivity contribution in [3.05, 3.63) is 101 Å². The lowest BCUT2D eigenvalue weighted by molar-refractivity contribution is -0.136. The fraction of sp³-hybridized carbons (Fsp3) is 0.312. The zero-order valence-electron chi connectivity index (χ0n) is 23.0. The van der Waals surface area contributed by atoms with Crippen molar-refractivity contribution in [3.8, 4) is 18.1 Å². The topological polar surface area (TPSA) is 79.1 Å². The minimum atomic E-state index is -0.575. The van der Waals surface area contributed by atoms with Crippen LogP contribution in [0.25, 0.3) is 0 Å². The fourth-order valence-corrected chi connectivity index (χ4v) is 5.42. The summed E-state index contributed by atoms with van der Waals surface area (Å²) in [4.78, 5) is 32.3. The van der Waals surface area contributed by atoms with E-state index in [0.29, 0.717) is 49.7 Å². The molecule has 0 bridgehead atoms. The van der Waals surface area contributed by atoms with Gasteiger partial charge in [-0.2, -0.15) is 0 Å². The van der Waals surface area contributed by atoms with Gasteiger partial charge in [0.1, 0.15) is 11.6 Å². The van der Waals surface area contributed by atoms with Crippen LogP contribution >= 0.6 is 11.6 Å². The Bertz CT molecular complexity index is 1360. The average molecular weight is 577 g/mol. The van der Waals surface area contributed by atoms with Gasteiger partial charge in [-0.25, -0.2) is 9.18 Å². The van der Waals surface area contributed by atoms with Crippen LogP contribution in [0, 0.1) is 24.1 Å². The third-order valence-corrected chi connectivity index (χ3v) is 7.94. The van der Waals surface area contributed by atoms with Crippen LogP contribution in [0.1, 0.15) is 24.3 Å². The van der Waals surface area contributed by atoms with E-state index in [-0.39, 0.29) is 29.5 Å². The summed E-state index contributed by atoms with van der Waals surface area (Å²) in [6.07, 6.45) is 11.4. The van der Waals surface area contributed by atoms with Crippen molar-refractivity contribution in [2.75, 3.05) is 33.2 Å². The highest BCUT2D eigenvalue weighted by Crippen LogP contribution is 2.34. The number of piperidine rings is 1. The molecule has 7 nitrogen and oxygen atoms in total. The SMILES string of the molecule is C#C/C(N)=C/C=C\C(=C)N1CCC(C(=O)N2C[C@@H](N(C)C(=O)Oc3ccc(F)cc3)[C@H](c3ccc(Cl)cc3)C2)CC1. The number of hydrogen-bond donors (Lipinski definition) is 1. The summed E-state index contributed by atoms with van der Waals surface area (Å²) in [5.41, 5.74) is 7.78. The molecule has 0 spiro atoms. The maximum atomic E-state index is 13.7. The molecule has 2 aromatic carbocycles. The van der Waals surface area contributed by atoms with Crippen molar-refractivity contribution in [2.45, 2.75) is 24.8 Å². The molecule has 0 aliphatic carbocycles. The van der Waals surface area contributed by atoms with Gasteiger partial charge in [0.05, 0.1) is 11.7 Å². The lowest BCUT2D eigenvalue weighted by atomic mass is 9.93. The third kappa shape index (κ3) is 7.50. The van der Waals surface area contributed by atoms with Crippen molar-refractivity contribution < 1.29 is 18.7 Å². The molecule has 0 radical (unpaired) electrons. The van der Waals surface area contributed by atoms with Crippen LogP contribution < -0.4 is 10.5 Å². The van der Waals surface area contributed by atoms with E-state index < -0.39 is 11.9 Å². The van der Waals surface area contributed by atoms with Crippen LogP contribution in [0.2, 0.25) is 5.02 Å². The van der Waals surface area contributed by atoms with Gasteiger partial charge in [0.2, 0.25) is 5.91 Å². The molecule has 9 heteroatoms. The van der Waals surface area contributed by atoms with Crippen molar-refractivity contribution in [1.29, 1.82) is 0 Å². The van der Waals surface area contributed by atoms with Gasteiger partial charge in [0.15, 0.2) is 0 Å². The van der Waals surface area contributed by atoms with E-state index in [9.17, 15) is 14.0 Å². The Labute approximate surface area is 245 Å². The summed E-state index contributed by atoms with van der Waals surface area (Å²) in [7, 11) is 1.66. The molecule has 2 N–H and O–H groups in total. The number of ether oxygens (including phenoxy) is 1. The Kier molecular flexibility index (Phi) is 9.74. The summed E-state index contributed by atoms with van der Waals surface area (Å²) in [6.45, 7) is 6.38. The van der Waals surface area contributed by atoms with Gasteiger partial charge in [0.25, 0.3) is 0 Å². The Morgan fingerprint density at radius 2 is 1.78 bits per heavy atom. The first-order valence-corrected chi connectivity index (χ1v) is 13.8. The van der Waals surface area contributed by atoms with Crippen LogP contribution in [0.15, 0.2) is 84.7 Å². The van der Waals surface area contributed by atoms with Gasteiger partial charge >= 0.3 is 6.09 Å². The van der Waals surface area contributed by atoms with Crippen LogP contribution in [-0.2, 0) is 4.79 Å². The van der Waals surface area contributed by atoms with Crippen molar-refractivity contribution >= 4 is 23.6 Å². The average Bonchev–Trinajstić information content (AvgIpc) is 3.43. The molecule has 2 saturated heterocycles. The summed E-state index contributed by atoms with van der Waals surface area (Å²) in [5.74, 6) is 2.02. The zero-order valence-corrected chi connectivity index (χ0v) is 23.8. The molecule has 2 fully saturated rings. The number of benzene rings is 2. The number of carbonyl (C=O) groups is 2. The third-order valence-electron chi connectivity index (χ3n) is 7.68. The maximum absolute atomic E-state index is 13.7. The number of likely N-dealkylation sites (tertiary alicyclic amines) is 2. The van der Waals surface area contributed by atoms with E-state index in [1.54, 1.807) is 19.2 Å². The molecule has 2 aliphatic rings. The first-order chi connectivity index (χ1) is 19.7. The van der Waals surface area contributed by atoms with Crippen LogP contribution in [0.5, 0.6) is 5.75 Å². The van der Waals surface area contributed by atoms with Gasteiger partial charge < -0.3 is 25.2 Å². The molecule has 2 aliphatic heterocycles. The van der Waals surface area contributed by atoms with Gasteiger partial charge in [-0.05, 0) is 67.0 Å². The van der Waals surface area contributed by atoms with E-state index in [0.717, 1.165) is 11.3 Å². The largest absolute Gasteiger partial charge is 0.415 e. The summed E-state index contributed by atoms with van der Waals surface area (Å²) < 4.78 is 18.8. The smallest absolute Gasteiger partial charge is 0.410 e. The predicted octanol–water partition coefficient (Wildman–Crippen LogP) is 5.16. The summed E-state index contributed by atoms with van der Waals surface area (Å²) in [6, 6.07) is 12.4. The second kappa shape index (κ2) is 13.4. The molecular formula is C32H34ClFN4O3. The van der Waals surface area contributed by atoms with Crippen LogP contribution in [0.4, 0.5) is 9.18 Å². The molecular weight excluding hydrogens is 543 g/mol. The monoisotopic (exact) mass is 576 g/mol. The van der Waals surface area contributed by atoms with Crippen LogP contribution in [-0.4, -0.2) is 66.0 Å². The number of amides is 2. The van der Waals surface area contributed by atoms with E-state index >= 15 is 0 Å². The number of halogens is 2. The molecule has 0 saturated carbocycles. The highest BCUT2D eigenvalue weighted by atomic mass is 35.5. The Hall–Kier alpha value is -4.22. The number of terminal acetylenes is 1. The first kappa shape index (κ1) is 29.8. The number of nitrogens with zero attached hydrogens (tertiary/aromatic N) is 3. The van der Waals surface area contributed by atoms with Gasteiger partial charge in [-0.15, -0.1) is 6.42 Å². The van der Waals surface area contributed by atoms with Gasteiger partial charge in [0, 0.05) is 55.8 Å². The van der Waals surface area contributed by atoms with Crippen molar-refractivity contribution in [2.24, 2.45) is 11.7 Å². The Morgan fingerprint density at radius 1 is 1.12 bits per heavy atom. The molecule has 41 heavy (non-hydrogen) atoms. The molecule has 0 aromatic heterocycles. The standard InChI is InChI=1S/C32H34ClFN4O3/c1-4-27(35)7-5-6-22(2)37-18-16-24(17-19-37)31(39)38-20-29(23-8-10-25(33)11-9-23)30(21-38)36(3)32(40)41-28-14-12-26(34)13-15-28/h1,5-15,24,29-30H,2,16-21,35H2,3H3/b6-5-,27-7-/t29-,30+/m0/s1. The van der Waals surface area contributed by atoms with Gasteiger partial charge in [-0.1, -0.05) is 42.3 Å². The molecule has 2 amide bonds. The first-order valence-electron chi connectivity index (χ1n) is 13.4. The Morgan fingerprint density at radius 3 is 2.41 bits per heavy atom. The number of rotatable bonds is 7. The summed E-state index contributed by atoms with van der Waals surface area (Å²) >= 11 is 6.13. The minimum Gasteiger partial charge on any atom is -0.410 e. The maximum Gasteiger partial charge on any atom is 0.415 e. The zero-order chi connectivity index (χ0) is 29.5. The molecule has 4 rings (SSSR count). The normalized spacial score (nSPS) is 19.7. The van der Waals surface area contributed by atoms with E-state index in [2.05, 4.69) is 17.4 Å². The fourth-order valence-electron chi connectivity index (χ4n) is 5.30. The van der Waals surface area contributed by atoms with E-state index in [1.165, 1.54) is 29.2 Å². The number of likely N-dealkylation sites (N-methyl/N-ethyl adjacent to an activating group) is 1. The molecule has 214 valence electrons.